The van der Waals surface area contributed by atoms with Gasteiger partial charge in [-0.25, -0.2) is 4.98 Å². The monoisotopic (exact) mass is 243 g/mol. The number of rotatable bonds is 2. The first kappa shape index (κ1) is 10.2. The molecule has 0 bridgehead atoms. The van der Waals surface area contributed by atoms with Crippen LogP contribution in [0.1, 0.15) is 19.4 Å². The predicted octanol–water partition coefficient (Wildman–Crippen LogP) is 2.21. The average Bonchev–Trinajstić information content (AvgIpc) is 2.04. The van der Waals surface area contributed by atoms with E-state index < -0.39 is 11.4 Å². The Labute approximate surface area is 84.9 Å². The van der Waals surface area contributed by atoms with Gasteiger partial charge < -0.3 is 5.11 Å². The van der Waals surface area contributed by atoms with Gasteiger partial charge in [0.25, 0.3) is 0 Å². The van der Waals surface area contributed by atoms with E-state index in [-0.39, 0.29) is 0 Å². The highest BCUT2D eigenvalue weighted by Crippen LogP contribution is 2.24. The highest BCUT2D eigenvalue weighted by Gasteiger charge is 2.29. The highest BCUT2D eigenvalue weighted by atomic mass is 79.9. The van der Waals surface area contributed by atoms with Crippen molar-refractivity contribution in [3.05, 3.63) is 28.5 Å². The molecule has 1 rings (SSSR count). The summed E-state index contributed by atoms with van der Waals surface area (Å²) in [6.07, 6.45) is 1.59. The SMILES string of the molecule is CC(C)(C(=O)O)c1ccnc(Br)c1. The summed E-state index contributed by atoms with van der Waals surface area (Å²) < 4.78 is 0.652. The van der Waals surface area contributed by atoms with Crippen molar-refractivity contribution in [3.8, 4) is 0 Å². The predicted molar refractivity (Wildman–Crippen MR) is 52.6 cm³/mol. The number of carbonyl (C=O) groups is 1. The Bertz CT molecular complexity index is 336. The van der Waals surface area contributed by atoms with Gasteiger partial charge in [0.05, 0.1) is 5.41 Å². The molecule has 3 nitrogen and oxygen atoms in total. The molecule has 0 spiro atoms. The van der Waals surface area contributed by atoms with Crippen molar-refractivity contribution >= 4 is 21.9 Å². The molecule has 70 valence electrons. The minimum Gasteiger partial charge on any atom is -0.481 e. The van der Waals surface area contributed by atoms with Gasteiger partial charge in [0.2, 0.25) is 0 Å². The summed E-state index contributed by atoms with van der Waals surface area (Å²) in [5.41, 5.74) is -0.132. The van der Waals surface area contributed by atoms with E-state index >= 15 is 0 Å². The first-order chi connectivity index (χ1) is 5.94. The number of halogens is 1. The lowest BCUT2D eigenvalue weighted by Gasteiger charge is -2.19. The van der Waals surface area contributed by atoms with Crippen LogP contribution in [0, 0.1) is 0 Å². The first-order valence-corrected chi connectivity index (χ1v) is 4.59. The molecule has 0 saturated heterocycles. The largest absolute Gasteiger partial charge is 0.481 e. The lowest BCUT2D eigenvalue weighted by atomic mass is 9.86. The van der Waals surface area contributed by atoms with E-state index in [1.54, 1.807) is 32.2 Å². The van der Waals surface area contributed by atoms with Gasteiger partial charge in [-0.2, -0.15) is 0 Å². The number of aliphatic carboxylic acids is 1. The fraction of sp³-hybridized carbons (Fsp3) is 0.333. The lowest BCUT2D eigenvalue weighted by molar-refractivity contribution is -0.142. The Hall–Kier alpha value is -0.900. The molecule has 0 saturated carbocycles. The van der Waals surface area contributed by atoms with Crippen molar-refractivity contribution < 1.29 is 9.90 Å². The minimum atomic E-state index is -0.870. The number of hydrogen-bond acceptors (Lipinski definition) is 2. The number of pyridine rings is 1. The third-order valence-electron chi connectivity index (χ3n) is 1.98. The van der Waals surface area contributed by atoms with Gasteiger partial charge in [0, 0.05) is 6.20 Å². The Balaban J connectivity index is 3.14. The van der Waals surface area contributed by atoms with Crippen LogP contribution in [0.4, 0.5) is 0 Å². The number of hydrogen-bond donors (Lipinski definition) is 1. The van der Waals surface area contributed by atoms with Crippen molar-refractivity contribution in [1.29, 1.82) is 0 Å². The molecule has 1 heterocycles. The quantitative estimate of drug-likeness (QED) is 0.811. The summed E-state index contributed by atoms with van der Waals surface area (Å²) in [5.74, 6) is -0.842. The third-order valence-corrected chi connectivity index (χ3v) is 2.42. The smallest absolute Gasteiger partial charge is 0.313 e. The molecule has 0 amide bonds. The number of aromatic nitrogens is 1. The van der Waals surface area contributed by atoms with E-state index in [0.717, 1.165) is 5.56 Å². The van der Waals surface area contributed by atoms with Crippen molar-refractivity contribution in [2.24, 2.45) is 0 Å². The van der Waals surface area contributed by atoms with Crippen molar-refractivity contribution in [2.75, 3.05) is 0 Å². The van der Waals surface area contributed by atoms with E-state index in [9.17, 15) is 4.79 Å². The van der Waals surface area contributed by atoms with Crippen LogP contribution in [0.3, 0.4) is 0 Å². The summed E-state index contributed by atoms with van der Waals surface area (Å²) in [6.45, 7) is 3.33. The summed E-state index contributed by atoms with van der Waals surface area (Å²) >= 11 is 3.20. The molecular weight excluding hydrogens is 234 g/mol. The van der Waals surface area contributed by atoms with Crippen LogP contribution >= 0.6 is 15.9 Å². The van der Waals surface area contributed by atoms with E-state index in [1.165, 1.54) is 0 Å². The van der Waals surface area contributed by atoms with E-state index in [0.29, 0.717) is 4.60 Å². The zero-order valence-electron chi connectivity index (χ0n) is 7.41. The second-order valence-electron chi connectivity index (χ2n) is 3.30. The van der Waals surface area contributed by atoms with Crippen LogP contribution in [0.15, 0.2) is 22.9 Å². The molecule has 0 unspecified atom stereocenters. The maximum Gasteiger partial charge on any atom is 0.313 e. The van der Waals surface area contributed by atoms with Gasteiger partial charge in [0.15, 0.2) is 0 Å². The molecule has 0 aliphatic heterocycles. The Kier molecular flexibility index (Phi) is 2.71. The molecule has 13 heavy (non-hydrogen) atoms. The lowest BCUT2D eigenvalue weighted by Crippen LogP contribution is -2.28. The van der Waals surface area contributed by atoms with Gasteiger partial charge >= 0.3 is 5.97 Å². The second-order valence-corrected chi connectivity index (χ2v) is 4.11. The van der Waals surface area contributed by atoms with Gasteiger partial charge in [0.1, 0.15) is 4.60 Å². The van der Waals surface area contributed by atoms with E-state index in [2.05, 4.69) is 20.9 Å². The van der Waals surface area contributed by atoms with E-state index in [4.69, 9.17) is 5.11 Å². The molecule has 1 N–H and O–H groups in total. The molecule has 0 fully saturated rings. The molecule has 0 aliphatic rings. The number of carboxylic acids is 1. The van der Waals surface area contributed by atoms with Crippen molar-refractivity contribution in [2.45, 2.75) is 19.3 Å². The maximum absolute atomic E-state index is 10.9. The van der Waals surface area contributed by atoms with Gasteiger partial charge in [-0.05, 0) is 47.5 Å². The minimum absolute atomic E-state index is 0.652. The summed E-state index contributed by atoms with van der Waals surface area (Å²) in [6, 6.07) is 3.42. The number of nitrogens with zero attached hydrogens (tertiary/aromatic N) is 1. The molecule has 1 aromatic heterocycles. The molecular formula is C9H10BrNO2. The van der Waals surface area contributed by atoms with Crippen molar-refractivity contribution in [1.82, 2.24) is 4.98 Å². The van der Waals surface area contributed by atoms with Crippen LogP contribution < -0.4 is 0 Å². The van der Waals surface area contributed by atoms with Crippen LogP contribution in [-0.2, 0) is 10.2 Å². The summed E-state index contributed by atoms with van der Waals surface area (Å²) in [7, 11) is 0. The summed E-state index contributed by atoms with van der Waals surface area (Å²) in [4.78, 5) is 14.8. The number of carboxylic acid groups (broad SMARTS) is 1. The van der Waals surface area contributed by atoms with Gasteiger partial charge in [-0.15, -0.1) is 0 Å². The summed E-state index contributed by atoms with van der Waals surface area (Å²) in [5, 5.41) is 8.95. The molecule has 0 aromatic carbocycles. The van der Waals surface area contributed by atoms with Crippen LogP contribution in [0.2, 0.25) is 0 Å². The zero-order chi connectivity index (χ0) is 10.1. The van der Waals surface area contributed by atoms with Gasteiger partial charge in [-0.3, -0.25) is 4.79 Å². The first-order valence-electron chi connectivity index (χ1n) is 3.80. The van der Waals surface area contributed by atoms with E-state index in [1.807, 2.05) is 0 Å². The van der Waals surface area contributed by atoms with Crippen LogP contribution in [-0.4, -0.2) is 16.1 Å². The standard InChI is InChI=1S/C9H10BrNO2/c1-9(2,8(12)13)6-3-4-11-7(10)5-6/h3-5H,1-2H3,(H,12,13). The normalized spacial score (nSPS) is 11.3. The molecule has 4 heteroatoms. The third kappa shape index (κ3) is 2.06. The fourth-order valence-electron chi connectivity index (χ4n) is 0.915. The fourth-order valence-corrected chi connectivity index (χ4v) is 1.28. The molecule has 1 aromatic rings. The topological polar surface area (TPSA) is 50.2 Å². The average molecular weight is 244 g/mol. The maximum atomic E-state index is 10.9. The van der Waals surface area contributed by atoms with Crippen molar-refractivity contribution in [3.63, 3.8) is 0 Å². The molecule has 0 aliphatic carbocycles. The van der Waals surface area contributed by atoms with Crippen LogP contribution in [0.5, 0.6) is 0 Å². The van der Waals surface area contributed by atoms with Gasteiger partial charge in [-0.1, -0.05) is 0 Å². The zero-order valence-corrected chi connectivity index (χ0v) is 9.00. The Morgan fingerprint density at radius 2 is 2.23 bits per heavy atom. The highest BCUT2D eigenvalue weighted by molar-refractivity contribution is 9.10. The Morgan fingerprint density at radius 1 is 1.62 bits per heavy atom. The second kappa shape index (κ2) is 3.46. The van der Waals surface area contributed by atoms with Crippen LogP contribution in [0.25, 0.3) is 0 Å². The Morgan fingerprint density at radius 3 is 2.69 bits per heavy atom. The molecule has 0 atom stereocenters. The molecule has 0 radical (unpaired) electrons.